The average Bonchev–Trinajstić information content (AvgIpc) is 2.33. The van der Waals surface area contributed by atoms with E-state index in [1.807, 2.05) is 0 Å². The first-order valence-electron chi connectivity index (χ1n) is 6.26. The summed E-state index contributed by atoms with van der Waals surface area (Å²) in [5.74, 6) is -1.68. The van der Waals surface area contributed by atoms with Crippen molar-refractivity contribution in [2.75, 3.05) is 6.26 Å². The summed E-state index contributed by atoms with van der Waals surface area (Å²) in [5, 5.41) is 11.6. The fraction of sp³-hybridized carbons (Fsp3) is 0.429. The van der Waals surface area contributed by atoms with Crippen LogP contribution < -0.4 is 5.32 Å². The van der Waals surface area contributed by atoms with Crippen molar-refractivity contribution >= 4 is 21.7 Å². The average molecular weight is 313 g/mol. The maximum atomic E-state index is 12.0. The van der Waals surface area contributed by atoms with Gasteiger partial charge in [0.1, 0.15) is 6.04 Å². The van der Waals surface area contributed by atoms with Gasteiger partial charge >= 0.3 is 5.97 Å². The quantitative estimate of drug-likeness (QED) is 0.873. The highest BCUT2D eigenvalue weighted by Gasteiger charge is 2.32. The number of amides is 1. The summed E-state index contributed by atoms with van der Waals surface area (Å²) in [4.78, 5) is 23.3. The van der Waals surface area contributed by atoms with Gasteiger partial charge in [-0.15, -0.1) is 0 Å². The molecule has 0 radical (unpaired) electrons. The number of rotatable bonds is 4. The lowest BCUT2D eigenvalue weighted by molar-refractivity contribution is -0.142. The topological polar surface area (TPSA) is 101 Å². The Morgan fingerprint density at radius 3 is 1.95 bits per heavy atom. The number of nitrogens with one attached hydrogen (secondary N) is 1. The number of sulfone groups is 1. The molecule has 0 saturated heterocycles. The molecule has 0 aromatic heterocycles. The lowest BCUT2D eigenvalue weighted by Gasteiger charge is -2.27. The fourth-order valence-corrected chi connectivity index (χ4v) is 2.35. The second-order valence-corrected chi connectivity index (χ2v) is 7.92. The molecular formula is C14H19NO5S. The molecule has 1 atom stereocenters. The molecule has 0 aliphatic carbocycles. The number of hydrogen-bond donors (Lipinski definition) is 2. The van der Waals surface area contributed by atoms with Crippen molar-refractivity contribution in [1.29, 1.82) is 0 Å². The zero-order valence-electron chi connectivity index (χ0n) is 12.4. The first-order chi connectivity index (χ1) is 9.43. The minimum absolute atomic E-state index is 0.102. The van der Waals surface area contributed by atoms with Crippen molar-refractivity contribution < 1.29 is 23.1 Å². The molecule has 0 spiro atoms. The Morgan fingerprint density at radius 2 is 1.62 bits per heavy atom. The van der Waals surface area contributed by atoms with Gasteiger partial charge in [-0.2, -0.15) is 0 Å². The van der Waals surface area contributed by atoms with Crippen molar-refractivity contribution in [3.05, 3.63) is 29.8 Å². The van der Waals surface area contributed by atoms with E-state index in [1.54, 1.807) is 20.8 Å². The van der Waals surface area contributed by atoms with Gasteiger partial charge in [0.25, 0.3) is 5.91 Å². The number of aliphatic carboxylic acids is 1. The summed E-state index contributed by atoms with van der Waals surface area (Å²) >= 11 is 0. The molecule has 0 fully saturated rings. The van der Waals surface area contributed by atoms with Crippen LogP contribution in [0.2, 0.25) is 0 Å². The van der Waals surface area contributed by atoms with Crippen LogP contribution in [0, 0.1) is 5.41 Å². The number of carboxylic acids is 1. The number of carbonyl (C=O) groups is 2. The highest BCUT2D eigenvalue weighted by atomic mass is 32.2. The smallest absolute Gasteiger partial charge is 0.326 e. The van der Waals surface area contributed by atoms with Crippen LogP contribution in [0.3, 0.4) is 0 Å². The van der Waals surface area contributed by atoms with E-state index in [1.165, 1.54) is 24.3 Å². The van der Waals surface area contributed by atoms with E-state index in [-0.39, 0.29) is 10.5 Å². The first-order valence-corrected chi connectivity index (χ1v) is 8.16. The van der Waals surface area contributed by atoms with Gasteiger partial charge < -0.3 is 10.4 Å². The maximum absolute atomic E-state index is 12.0. The summed E-state index contributed by atoms with van der Waals surface area (Å²) in [6.07, 6.45) is 1.07. The Bertz CT molecular complexity index is 641. The van der Waals surface area contributed by atoms with Crippen LogP contribution in [0.5, 0.6) is 0 Å². The van der Waals surface area contributed by atoms with E-state index in [0.717, 1.165) is 6.26 Å². The van der Waals surface area contributed by atoms with E-state index in [0.29, 0.717) is 0 Å². The minimum atomic E-state index is -3.33. The summed E-state index contributed by atoms with van der Waals surface area (Å²) in [6, 6.07) is 4.30. The monoisotopic (exact) mass is 313 g/mol. The third-order valence-electron chi connectivity index (χ3n) is 2.93. The first kappa shape index (κ1) is 17.2. The van der Waals surface area contributed by atoms with E-state index >= 15 is 0 Å². The van der Waals surface area contributed by atoms with E-state index in [9.17, 15) is 18.0 Å². The summed E-state index contributed by atoms with van der Waals surface area (Å²) in [5.41, 5.74) is -0.438. The van der Waals surface area contributed by atoms with E-state index in [4.69, 9.17) is 5.11 Å². The van der Waals surface area contributed by atoms with Crippen LogP contribution in [-0.4, -0.2) is 37.7 Å². The van der Waals surface area contributed by atoms with Crippen LogP contribution in [0.15, 0.2) is 29.2 Å². The molecule has 6 nitrogen and oxygen atoms in total. The highest BCUT2D eigenvalue weighted by molar-refractivity contribution is 7.90. The van der Waals surface area contributed by atoms with Gasteiger partial charge in [-0.05, 0) is 29.7 Å². The Labute approximate surface area is 124 Å². The van der Waals surface area contributed by atoms with E-state index in [2.05, 4.69) is 5.32 Å². The zero-order chi connectivity index (χ0) is 16.4. The molecule has 1 rings (SSSR count). The minimum Gasteiger partial charge on any atom is -0.480 e. The predicted octanol–water partition coefficient (Wildman–Crippen LogP) is 1.32. The normalized spacial score (nSPS) is 13.5. The van der Waals surface area contributed by atoms with Crippen LogP contribution in [0.25, 0.3) is 0 Å². The molecule has 0 bridgehead atoms. The lowest BCUT2D eigenvalue weighted by Crippen LogP contribution is -2.49. The van der Waals surface area contributed by atoms with Gasteiger partial charge in [-0.1, -0.05) is 20.8 Å². The van der Waals surface area contributed by atoms with Gasteiger partial charge in [0.2, 0.25) is 0 Å². The molecule has 116 valence electrons. The van der Waals surface area contributed by atoms with Gasteiger partial charge in [0.15, 0.2) is 9.84 Å². The van der Waals surface area contributed by atoms with Crippen molar-refractivity contribution in [2.24, 2.45) is 5.41 Å². The third kappa shape index (κ3) is 4.56. The Kier molecular flexibility index (Phi) is 4.78. The van der Waals surface area contributed by atoms with Gasteiger partial charge in [-0.3, -0.25) is 4.79 Å². The molecule has 1 aromatic rings. The second-order valence-electron chi connectivity index (χ2n) is 5.91. The van der Waals surface area contributed by atoms with Crippen LogP contribution in [-0.2, 0) is 14.6 Å². The van der Waals surface area contributed by atoms with E-state index < -0.39 is 33.2 Å². The molecule has 0 unspecified atom stereocenters. The summed E-state index contributed by atoms with van der Waals surface area (Å²) < 4.78 is 22.7. The summed E-state index contributed by atoms with van der Waals surface area (Å²) in [7, 11) is -3.33. The molecule has 7 heteroatoms. The Hall–Kier alpha value is -1.89. The molecule has 1 amide bonds. The molecule has 21 heavy (non-hydrogen) atoms. The van der Waals surface area contributed by atoms with Crippen molar-refractivity contribution in [3.8, 4) is 0 Å². The third-order valence-corrected chi connectivity index (χ3v) is 4.06. The summed E-state index contributed by atoms with van der Waals surface area (Å²) in [6.45, 7) is 5.12. The lowest BCUT2D eigenvalue weighted by atomic mass is 9.86. The molecule has 0 aliphatic heterocycles. The number of hydrogen-bond acceptors (Lipinski definition) is 4. The van der Waals surface area contributed by atoms with Crippen molar-refractivity contribution in [1.82, 2.24) is 5.32 Å². The molecule has 2 N–H and O–H groups in total. The maximum Gasteiger partial charge on any atom is 0.326 e. The predicted molar refractivity (Wildman–Crippen MR) is 77.9 cm³/mol. The molecular weight excluding hydrogens is 294 g/mol. The Balaban J connectivity index is 2.97. The van der Waals surface area contributed by atoms with Gasteiger partial charge in [-0.25, -0.2) is 13.2 Å². The number of benzene rings is 1. The number of carboxylic acid groups (broad SMARTS) is 1. The van der Waals surface area contributed by atoms with Crippen molar-refractivity contribution in [2.45, 2.75) is 31.7 Å². The molecule has 0 saturated carbocycles. The number of carbonyl (C=O) groups excluding carboxylic acids is 1. The second kappa shape index (κ2) is 5.85. The largest absolute Gasteiger partial charge is 0.480 e. The zero-order valence-corrected chi connectivity index (χ0v) is 13.2. The van der Waals surface area contributed by atoms with Gasteiger partial charge in [0, 0.05) is 11.8 Å². The highest BCUT2D eigenvalue weighted by Crippen LogP contribution is 2.20. The van der Waals surface area contributed by atoms with Crippen molar-refractivity contribution in [3.63, 3.8) is 0 Å². The SMILES string of the molecule is CC(C)(C)[C@H](NC(=O)c1ccc(S(C)(=O)=O)cc1)C(=O)O. The van der Waals surface area contributed by atoms with Crippen LogP contribution in [0.1, 0.15) is 31.1 Å². The van der Waals surface area contributed by atoms with Crippen LogP contribution >= 0.6 is 0 Å². The molecule has 0 heterocycles. The van der Waals surface area contributed by atoms with Crippen LogP contribution in [0.4, 0.5) is 0 Å². The molecule has 1 aromatic carbocycles. The molecule has 0 aliphatic rings. The Morgan fingerprint density at radius 1 is 1.14 bits per heavy atom. The standard InChI is InChI=1S/C14H19NO5S/c1-14(2,3)11(13(17)18)15-12(16)9-5-7-10(8-6-9)21(4,19)20/h5-8,11H,1-4H3,(H,15,16)(H,17,18)/t11-/m1/s1. The fourth-order valence-electron chi connectivity index (χ4n) is 1.72. The van der Waals surface area contributed by atoms with Gasteiger partial charge in [0.05, 0.1) is 4.90 Å².